The van der Waals surface area contributed by atoms with E-state index in [2.05, 4.69) is 4.98 Å². The van der Waals surface area contributed by atoms with Crippen LogP contribution in [0.1, 0.15) is 16.8 Å². The van der Waals surface area contributed by atoms with Crippen molar-refractivity contribution >= 4 is 5.82 Å². The number of halogens is 1. The Morgan fingerprint density at radius 2 is 1.62 bits per heavy atom. The number of aliphatic hydroxyl groups excluding tert-OH is 2. The average molecular weight is 249 g/mol. The summed E-state index contributed by atoms with van der Waals surface area (Å²) < 4.78 is 0. The highest BCUT2D eigenvalue weighted by atomic mass is 35.5. The predicted molar refractivity (Wildman–Crippen MR) is 55.0 cm³/mol. The van der Waals surface area contributed by atoms with E-state index in [1.54, 1.807) is 6.92 Å². The van der Waals surface area contributed by atoms with E-state index in [1.807, 2.05) is 14.1 Å². The monoisotopic (exact) mass is 248 g/mol. The summed E-state index contributed by atoms with van der Waals surface area (Å²) in [5.41, 5.74) is 1.33. The average Bonchev–Trinajstić information content (AvgIpc) is 2.20. The SMILES string of the molecule is Cc1nc([NH+](C)C)c(CO)c(CO)c1O.[Cl-]. The van der Waals surface area contributed by atoms with Crippen molar-refractivity contribution in [2.75, 3.05) is 14.1 Å². The molecule has 0 aliphatic heterocycles. The minimum absolute atomic E-state index is 0. The van der Waals surface area contributed by atoms with Crippen molar-refractivity contribution in [1.29, 1.82) is 0 Å². The van der Waals surface area contributed by atoms with E-state index in [9.17, 15) is 10.2 Å². The molecule has 6 heteroatoms. The Balaban J connectivity index is 0.00000225. The summed E-state index contributed by atoms with van der Waals surface area (Å²) in [4.78, 5) is 5.14. The second-order valence-electron chi connectivity index (χ2n) is 3.67. The molecule has 0 amide bonds. The number of pyridine rings is 1. The van der Waals surface area contributed by atoms with Crippen LogP contribution >= 0.6 is 0 Å². The Morgan fingerprint density at radius 1 is 1.12 bits per heavy atom. The van der Waals surface area contributed by atoms with E-state index in [0.717, 1.165) is 4.90 Å². The van der Waals surface area contributed by atoms with Crippen molar-refractivity contribution in [2.45, 2.75) is 20.1 Å². The number of aromatic nitrogens is 1. The molecule has 0 radical (unpaired) electrons. The van der Waals surface area contributed by atoms with Gasteiger partial charge in [0.25, 0.3) is 0 Å². The summed E-state index contributed by atoms with van der Waals surface area (Å²) in [5, 5.41) is 28.0. The van der Waals surface area contributed by atoms with Crippen molar-refractivity contribution in [3.63, 3.8) is 0 Å². The standard InChI is InChI=1S/C10H16N2O3.ClH/c1-6-9(15)7(4-13)8(5-14)10(11-6)12(2)3;/h13-15H,4-5H2,1-3H3;1H. The molecule has 0 saturated carbocycles. The first kappa shape index (κ1) is 15.1. The zero-order chi connectivity index (χ0) is 11.6. The molecule has 1 rings (SSSR count). The highest BCUT2D eigenvalue weighted by Crippen LogP contribution is 2.27. The summed E-state index contributed by atoms with van der Waals surface area (Å²) in [7, 11) is 3.75. The van der Waals surface area contributed by atoms with Gasteiger partial charge in [-0.25, -0.2) is 0 Å². The lowest BCUT2D eigenvalue weighted by Crippen LogP contribution is -3.01. The third-order valence-electron chi connectivity index (χ3n) is 2.35. The number of nitrogens with one attached hydrogen (secondary N) is 1. The van der Waals surface area contributed by atoms with Crippen LogP contribution in [-0.4, -0.2) is 34.4 Å². The normalized spacial score (nSPS) is 10.4. The predicted octanol–water partition coefficient (Wildman–Crippen LogP) is -4.14. The van der Waals surface area contributed by atoms with Crippen LogP contribution in [0.2, 0.25) is 0 Å². The van der Waals surface area contributed by atoms with E-state index < -0.39 is 0 Å². The van der Waals surface area contributed by atoms with Gasteiger partial charge in [-0.05, 0) is 6.92 Å². The van der Waals surface area contributed by atoms with Crippen LogP contribution in [0.5, 0.6) is 5.75 Å². The molecule has 0 spiro atoms. The van der Waals surface area contributed by atoms with Crippen LogP contribution in [0.15, 0.2) is 0 Å². The fourth-order valence-electron chi connectivity index (χ4n) is 1.55. The largest absolute Gasteiger partial charge is 1.00 e. The van der Waals surface area contributed by atoms with Gasteiger partial charge in [0.15, 0.2) is 0 Å². The molecule has 0 saturated heterocycles. The topological polar surface area (TPSA) is 78.0 Å². The quantitative estimate of drug-likeness (QED) is 0.438. The molecular formula is C10H17ClN2O3. The number of quaternary nitrogens is 1. The smallest absolute Gasteiger partial charge is 0.231 e. The summed E-state index contributed by atoms with van der Waals surface area (Å²) in [6, 6.07) is 0. The number of aromatic hydroxyl groups is 1. The zero-order valence-corrected chi connectivity index (χ0v) is 10.3. The summed E-state index contributed by atoms with van der Waals surface area (Å²) in [6.07, 6.45) is 0. The minimum atomic E-state index is -0.300. The maximum atomic E-state index is 9.67. The first-order chi connectivity index (χ1) is 7.02. The number of aryl methyl sites for hydroxylation is 1. The van der Waals surface area contributed by atoms with Crippen LogP contribution < -0.4 is 17.3 Å². The van der Waals surface area contributed by atoms with Gasteiger partial charge < -0.3 is 27.7 Å². The third kappa shape index (κ3) is 2.62. The van der Waals surface area contributed by atoms with E-state index in [-0.39, 0.29) is 31.4 Å². The van der Waals surface area contributed by atoms with Gasteiger partial charge in [-0.1, -0.05) is 0 Å². The second kappa shape index (κ2) is 6.00. The lowest BCUT2D eigenvalue weighted by atomic mass is 10.1. The van der Waals surface area contributed by atoms with Gasteiger partial charge in [0.05, 0.1) is 38.6 Å². The van der Waals surface area contributed by atoms with Gasteiger partial charge in [0.1, 0.15) is 5.75 Å². The van der Waals surface area contributed by atoms with Crippen molar-refractivity contribution in [2.24, 2.45) is 0 Å². The van der Waals surface area contributed by atoms with Crippen molar-refractivity contribution in [3.8, 4) is 5.75 Å². The van der Waals surface area contributed by atoms with Crippen molar-refractivity contribution < 1.29 is 32.6 Å². The van der Waals surface area contributed by atoms with Crippen molar-refractivity contribution in [3.05, 3.63) is 16.8 Å². The number of nitrogens with zero attached hydrogens (tertiary/aromatic N) is 1. The molecule has 1 heterocycles. The highest BCUT2D eigenvalue weighted by molar-refractivity contribution is 5.48. The number of hydrogen-bond acceptors (Lipinski definition) is 4. The summed E-state index contributed by atoms with van der Waals surface area (Å²) in [5.74, 6) is 0.614. The Kier molecular flexibility index (Phi) is 5.67. The lowest BCUT2D eigenvalue weighted by Gasteiger charge is -2.15. The molecule has 0 unspecified atom stereocenters. The van der Waals surface area contributed by atoms with Gasteiger partial charge >= 0.3 is 0 Å². The second-order valence-corrected chi connectivity index (χ2v) is 3.67. The number of aliphatic hydroxyl groups is 2. The van der Waals surface area contributed by atoms with Gasteiger partial charge in [-0.15, -0.1) is 0 Å². The molecule has 0 bridgehead atoms. The van der Waals surface area contributed by atoms with Gasteiger partial charge in [0, 0.05) is 5.56 Å². The third-order valence-corrected chi connectivity index (χ3v) is 2.35. The van der Waals surface area contributed by atoms with Crippen LogP contribution in [0.4, 0.5) is 5.82 Å². The van der Waals surface area contributed by atoms with E-state index >= 15 is 0 Å². The fourth-order valence-corrected chi connectivity index (χ4v) is 1.55. The van der Waals surface area contributed by atoms with Gasteiger partial charge in [-0.3, -0.25) is 4.90 Å². The molecule has 1 aromatic heterocycles. The molecule has 1 aromatic rings. The van der Waals surface area contributed by atoms with Crippen LogP contribution in [0.25, 0.3) is 0 Å². The molecule has 0 fully saturated rings. The van der Waals surface area contributed by atoms with Crippen LogP contribution in [0.3, 0.4) is 0 Å². The Bertz CT molecular complexity index is 370. The Hall–Kier alpha value is -0.880. The minimum Gasteiger partial charge on any atom is -1.00 e. The Labute approximate surface area is 101 Å². The fraction of sp³-hybridized carbons (Fsp3) is 0.500. The van der Waals surface area contributed by atoms with Gasteiger partial charge in [0.2, 0.25) is 5.82 Å². The van der Waals surface area contributed by atoms with E-state index in [0.29, 0.717) is 22.6 Å². The molecule has 0 aliphatic rings. The molecule has 0 aromatic carbocycles. The molecule has 4 N–H and O–H groups in total. The van der Waals surface area contributed by atoms with Crippen molar-refractivity contribution in [1.82, 2.24) is 4.98 Å². The molecule has 92 valence electrons. The van der Waals surface area contributed by atoms with E-state index in [1.165, 1.54) is 0 Å². The first-order valence-corrected chi connectivity index (χ1v) is 4.76. The van der Waals surface area contributed by atoms with Crippen LogP contribution in [-0.2, 0) is 13.2 Å². The first-order valence-electron chi connectivity index (χ1n) is 4.76. The number of hydrogen-bond donors (Lipinski definition) is 4. The Morgan fingerprint density at radius 3 is 2.00 bits per heavy atom. The maximum Gasteiger partial charge on any atom is 0.231 e. The van der Waals surface area contributed by atoms with Crippen LogP contribution in [0, 0.1) is 6.92 Å². The zero-order valence-electron chi connectivity index (χ0n) is 9.58. The summed E-state index contributed by atoms with van der Waals surface area (Å²) >= 11 is 0. The molecule has 16 heavy (non-hydrogen) atoms. The van der Waals surface area contributed by atoms with E-state index in [4.69, 9.17) is 5.11 Å². The lowest BCUT2D eigenvalue weighted by molar-refractivity contribution is -0.789. The highest BCUT2D eigenvalue weighted by Gasteiger charge is 2.20. The molecule has 5 nitrogen and oxygen atoms in total. The van der Waals surface area contributed by atoms with Gasteiger partial charge in [-0.2, -0.15) is 4.98 Å². The summed E-state index contributed by atoms with van der Waals surface area (Å²) in [6.45, 7) is 1.13. The number of rotatable bonds is 3. The molecule has 0 aliphatic carbocycles. The maximum absolute atomic E-state index is 9.67. The molecular weight excluding hydrogens is 232 g/mol. The molecule has 0 atom stereocenters.